The van der Waals surface area contributed by atoms with E-state index in [1.165, 1.54) is 6.20 Å². The number of imidazole rings is 1. The highest BCUT2D eigenvalue weighted by atomic mass is 16.3. The van der Waals surface area contributed by atoms with Gasteiger partial charge in [0.15, 0.2) is 0 Å². The number of carbonyl (C=O) groups is 1. The van der Waals surface area contributed by atoms with Crippen molar-refractivity contribution in [1.29, 1.82) is 0 Å². The van der Waals surface area contributed by atoms with Crippen LogP contribution in [-0.4, -0.2) is 26.9 Å². The second kappa shape index (κ2) is 5.61. The SMILES string of the molecule is CC(O)(CNC(=O)c1cnc2ccccn12)c1ccccc1. The van der Waals surface area contributed by atoms with Gasteiger partial charge in [-0.05, 0) is 24.6 Å². The number of rotatable bonds is 4. The number of fused-ring (bicyclic) bond motifs is 1. The van der Waals surface area contributed by atoms with Crippen molar-refractivity contribution in [2.24, 2.45) is 0 Å². The number of pyridine rings is 1. The molecule has 0 radical (unpaired) electrons. The van der Waals surface area contributed by atoms with Crippen LogP contribution in [-0.2, 0) is 5.60 Å². The molecule has 5 nitrogen and oxygen atoms in total. The van der Waals surface area contributed by atoms with Gasteiger partial charge in [0, 0.05) is 6.20 Å². The molecule has 0 saturated heterocycles. The molecule has 5 heteroatoms. The highest BCUT2D eigenvalue weighted by Crippen LogP contribution is 2.19. The number of aliphatic hydroxyl groups is 1. The molecule has 0 bridgehead atoms. The van der Waals surface area contributed by atoms with Gasteiger partial charge in [-0.15, -0.1) is 0 Å². The van der Waals surface area contributed by atoms with Gasteiger partial charge in [-0.1, -0.05) is 36.4 Å². The predicted molar refractivity (Wildman–Crippen MR) is 83.5 cm³/mol. The van der Waals surface area contributed by atoms with Gasteiger partial charge in [0.1, 0.15) is 16.9 Å². The van der Waals surface area contributed by atoms with Crippen LogP contribution >= 0.6 is 0 Å². The second-order valence-corrected chi connectivity index (χ2v) is 5.39. The van der Waals surface area contributed by atoms with Crippen molar-refractivity contribution in [2.75, 3.05) is 6.54 Å². The van der Waals surface area contributed by atoms with Crippen LogP contribution in [0.3, 0.4) is 0 Å². The second-order valence-electron chi connectivity index (χ2n) is 5.39. The van der Waals surface area contributed by atoms with E-state index in [1.807, 2.05) is 48.5 Å². The molecule has 1 atom stereocenters. The van der Waals surface area contributed by atoms with E-state index in [1.54, 1.807) is 17.5 Å². The van der Waals surface area contributed by atoms with E-state index in [2.05, 4.69) is 10.3 Å². The molecule has 0 spiro atoms. The van der Waals surface area contributed by atoms with E-state index >= 15 is 0 Å². The minimum Gasteiger partial charge on any atom is -0.384 e. The summed E-state index contributed by atoms with van der Waals surface area (Å²) in [5.41, 5.74) is 0.785. The van der Waals surface area contributed by atoms with Crippen molar-refractivity contribution >= 4 is 11.6 Å². The van der Waals surface area contributed by atoms with Gasteiger partial charge in [0.2, 0.25) is 0 Å². The van der Waals surface area contributed by atoms with Gasteiger partial charge in [0.05, 0.1) is 12.7 Å². The van der Waals surface area contributed by atoms with E-state index in [9.17, 15) is 9.90 Å². The Labute approximate surface area is 128 Å². The molecule has 0 aliphatic carbocycles. The molecule has 2 aromatic heterocycles. The van der Waals surface area contributed by atoms with Crippen molar-refractivity contribution < 1.29 is 9.90 Å². The van der Waals surface area contributed by atoms with Crippen LogP contribution in [0.1, 0.15) is 23.0 Å². The van der Waals surface area contributed by atoms with Crippen LogP contribution < -0.4 is 5.32 Å². The molecule has 2 heterocycles. The lowest BCUT2D eigenvalue weighted by Gasteiger charge is -2.24. The lowest BCUT2D eigenvalue weighted by molar-refractivity contribution is 0.0525. The van der Waals surface area contributed by atoms with Crippen molar-refractivity contribution in [3.63, 3.8) is 0 Å². The normalized spacial score (nSPS) is 13.7. The number of hydrogen-bond donors (Lipinski definition) is 2. The number of nitrogens with zero attached hydrogens (tertiary/aromatic N) is 2. The molecular weight excluding hydrogens is 278 g/mol. The van der Waals surface area contributed by atoms with E-state index in [-0.39, 0.29) is 12.5 Å². The highest BCUT2D eigenvalue weighted by Gasteiger charge is 2.24. The average molecular weight is 295 g/mol. The first kappa shape index (κ1) is 14.3. The van der Waals surface area contributed by atoms with Gasteiger partial charge >= 0.3 is 0 Å². The zero-order valence-corrected chi connectivity index (χ0v) is 12.2. The summed E-state index contributed by atoms with van der Waals surface area (Å²) in [5, 5.41) is 13.3. The lowest BCUT2D eigenvalue weighted by Crippen LogP contribution is -2.38. The van der Waals surface area contributed by atoms with Crippen LogP contribution in [0.25, 0.3) is 5.65 Å². The number of hydrogen-bond acceptors (Lipinski definition) is 3. The topological polar surface area (TPSA) is 66.6 Å². The molecule has 2 N–H and O–H groups in total. The summed E-state index contributed by atoms with van der Waals surface area (Å²) in [6, 6.07) is 14.8. The van der Waals surface area contributed by atoms with Crippen molar-refractivity contribution in [1.82, 2.24) is 14.7 Å². The third-order valence-corrected chi connectivity index (χ3v) is 3.64. The first-order valence-electron chi connectivity index (χ1n) is 7.06. The van der Waals surface area contributed by atoms with Crippen LogP contribution in [0.15, 0.2) is 60.9 Å². The Kier molecular flexibility index (Phi) is 3.65. The maximum atomic E-state index is 12.3. The molecule has 0 saturated carbocycles. The number of benzene rings is 1. The largest absolute Gasteiger partial charge is 0.384 e. The van der Waals surface area contributed by atoms with Crippen LogP contribution in [0, 0.1) is 0 Å². The summed E-state index contributed by atoms with van der Waals surface area (Å²) < 4.78 is 1.71. The lowest BCUT2D eigenvalue weighted by atomic mass is 9.96. The number of nitrogens with one attached hydrogen (secondary N) is 1. The monoisotopic (exact) mass is 295 g/mol. The Bertz CT molecular complexity index is 794. The van der Waals surface area contributed by atoms with Gasteiger partial charge in [-0.25, -0.2) is 4.98 Å². The number of amides is 1. The van der Waals surface area contributed by atoms with Crippen LogP contribution in [0.2, 0.25) is 0 Å². The molecule has 3 aromatic rings. The zero-order valence-electron chi connectivity index (χ0n) is 12.2. The molecule has 1 unspecified atom stereocenters. The minimum atomic E-state index is -1.13. The molecule has 0 aliphatic rings. The fourth-order valence-corrected chi connectivity index (χ4v) is 2.34. The molecule has 0 fully saturated rings. The first-order valence-corrected chi connectivity index (χ1v) is 7.06. The highest BCUT2D eigenvalue weighted by molar-refractivity contribution is 5.93. The third-order valence-electron chi connectivity index (χ3n) is 3.64. The Hall–Kier alpha value is -2.66. The molecule has 22 heavy (non-hydrogen) atoms. The van der Waals surface area contributed by atoms with Gasteiger partial charge in [-0.3, -0.25) is 9.20 Å². The fraction of sp³-hybridized carbons (Fsp3) is 0.176. The summed E-state index contributed by atoms with van der Waals surface area (Å²) in [5.74, 6) is -0.269. The quantitative estimate of drug-likeness (QED) is 0.773. The molecule has 3 rings (SSSR count). The number of aromatic nitrogens is 2. The smallest absolute Gasteiger partial charge is 0.270 e. The maximum Gasteiger partial charge on any atom is 0.270 e. The van der Waals surface area contributed by atoms with E-state index in [0.717, 1.165) is 5.56 Å². The molecule has 1 amide bonds. The Morgan fingerprint density at radius 1 is 1.23 bits per heavy atom. The molecule has 0 aliphatic heterocycles. The Balaban J connectivity index is 1.75. The summed E-state index contributed by atoms with van der Waals surface area (Å²) in [6.45, 7) is 1.80. The molecule has 112 valence electrons. The Morgan fingerprint density at radius 2 is 1.95 bits per heavy atom. The molecular formula is C17H17N3O2. The van der Waals surface area contributed by atoms with Gasteiger partial charge in [0.25, 0.3) is 5.91 Å². The van der Waals surface area contributed by atoms with Crippen LogP contribution in [0.5, 0.6) is 0 Å². The zero-order chi connectivity index (χ0) is 15.6. The third kappa shape index (κ3) is 2.71. The van der Waals surface area contributed by atoms with Crippen molar-refractivity contribution in [2.45, 2.75) is 12.5 Å². The number of carbonyl (C=O) groups excluding carboxylic acids is 1. The summed E-state index contributed by atoms with van der Waals surface area (Å²) in [7, 11) is 0. The van der Waals surface area contributed by atoms with E-state index in [4.69, 9.17) is 0 Å². The van der Waals surface area contributed by atoms with Crippen molar-refractivity contribution in [3.8, 4) is 0 Å². The minimum absolute atomic E-state index is 0.121. The summed E-state index contributed by atoms with van der Waals surface area (Å²) in [4.78, 5) is 16.5. The average Bonchev–Trinajstić information content (AvgIpc) is 2.98. The molecule has 1 aromatic carbocycles. The Morgan fingerprint density at radius 3 is 2.73 bits per heavy atom. The van der Waals surface area contributed by atoms with E-state index in [0.29, 0.717) is 11.3 Å². The van der Waals surface area contributed by atoms with Gasteiger partial charge < -0.3 is 10.4 Å². The maximum absolute atomic E-state index is 12.3. The van der Waals surface area contributed by atoms with Gasteiger partial charge in [-0.2, -0.15) is 0 Å². The predicted octanol–water partition coefficient (Wildman–Crippen LogP) is 1.97. The summed E-state index contributed by atoms with van der Waals surface area (Å²) in [6.07, 6.45) is 3.31. The fourth-order valence-electron chi connectivity index (χ4n) is 2.34. The first-order chi connectivity index (χ1) is 10.6. The van der Waals surface area contributed by atoms with Crippen molar-refractivity contribution in [3.05, 3.63) is 72.2 Å². The standard InChI is InChI=1S/C17H17N3O2/c1-17(22,13-7-3-2-4-8-13)12-19-16(21)14-11-18-15-9-5-6-10-20(14)15/h2-11,22H,12H2,1H3,(H,19,21). The summed E-state index contributed by atoms with van der Waals surface area (Å²) >= 11 is 0. The van der Waals surface area contributed by atoms with Crippen LogP contribution in [0.4, 0.5) is 0 Å². The van der Waals surface area contributed by atoms with E-state index < -0.39 is 5.60 Å².